The maximum atomic E-state index is 12.4. The van der Waals surface area contributed by atoms with E-state index >= 15 is 0 Å². The highest BCUT2D eigenvalue weighted by Gasteiger charge is 2.66. The zero-order chi connectivity index (χ0) is 13.3. The van der Waals surface area contributed by atoms with Gasteiger partial charge in [-0.2, -0.15) is 0 Å². The average Bonchev–Trinajstić information content (AvgIpc) is 3.14. The summed E-state index contributed by atoms with van der Waals surface area (Å²) in [5.41, 5.74) is 0. The third-order valence-corrected chi connectivity index (χ3v) is 5.30. The number of carbonyl (C=O) groups excluding carboxylic acids is 2. The molecule has 3 fully saturated rings. The molecule has 100 valence electrons. The van der Waals surface area contributed by atoms with Crippen LogP contribution in [0.3, 0.4) is 0 Å². The number of likely N-dealkylation sites (tertiary alicyclic amines) is 1. The van der Waals surface area contributed by atoms with E-state index in [0.717, 1.165) is 6.42 Å². The summed E-state index contributed by atoms with van der Waals surface area (Å²) in [5.74, 6) is -0.0567. The molecule has 2 saturated carbocycles. The smallest absolute Gasteiger partial charge is 0.305 e. The predicted molar refractivity (Wildman–Crippen MR) is 63.7 cm³/mol. The van der Waals surface area contributed by atoms with E-state index in [1.807, 2.05) is 0 Å². The van der Waals surface area contributed by atoms with Gasteiger partial charge in [-0.15, -0.1) is 0 Å². The summed E-state index contributed by atoms with van der Waals surface area (Å²) in [6.07, 6.45) is 5.22. The molecule has 2 bridgehead atoms. The van der Waals surface area contributed by atoms with Gasteiger partial charge in [-0.1, -0.05) is 12.2 Å². The van der Waals surface area contributed by atoms with E-state index in [-0.39, 0.29) is 48.5 Å². The molecule has 19 heavy (non-hydrogen) atoms. The largest absolute Gasteiger partial charge is 0.481 e. The van der Waals surface area contributed by atoms with Crippen LogP contribution < -0.4 is 0 Å². The number of aliphatic carboxylic acids is 1. The van der Waals surface area contributed by atoms with Gasteiger partial charge in [0.25, 0.3) is 0 Å². The molecule has 5 heteroatoms. The molecule has 6 atom stereocenters. The maximum absolute atomic E-state index is 12.4. The average molecular weight is 261 g/mol. The van der Waals surface area contributed by atoms with Crippen molar-refractivity contribution in [3.8, 4) is 0 Å². The molecule has 0 aromatic rings. The molecule has 2 amide bonds. The minimum Gasteiger partial charge on any atom is -0.481 e. The number of carboxylic acid groups (broad SMARTS) is 1. The van der Waals surface area contributed by atoms with Crippen LogP contribution in [-0.2, 0) is 14.4 Å². The lowest BCUT2D eigenvalue weighted by Gasteiger charge is -2.37. The Morgan fingerprint density at radius 1 is 1.16 bits per heavy atom. The molecule has 4 aliphatic carbocycles. The number of carboxylic acids is 1. The van der Waals surface area contributed by atoms with E-state index in [2.05, 4.69) is 12.2 Å². The van der Waals surface area contributed by atoms with Crippen LogP contribution in [0.15, 0.2) is 12.2 Å². The Kier molecular flexibility index (Phi) is 2.04. The quantitative estimate of drug-likeness (QED) is 0.593. The molecule has 1 N–H and O–H groups in total. The van der Waals surface area contributed by atoms with Crippen LogP contribution in [0.1, 0.15) is 12.8 Å². The standard InChI is InChI=1S/C14H15NO4/c16-10(17)3-4-15-13(18)11-6-1-2-7(9-5-8(6)9)12(11)14(15)19/h1-2,6-9,11-12H,3-5H2,(H,16,17)/t6-,7-,8-,9+,11+,12-/m1/s1. The molecule has 1 heterocycles. The molecule has 5 rings (SSSR count). The summed E-state index contributed by atoms with van der Waals surface area (Å²) in [6, 6.07) is 0. The first kappa shape index (κ1) is 11.2. The van der Waals surface area contributed by atoms with Crippen molar-refractivity contribution in [3.05, 3.63) is 12.2 Å². The zero-order valence-corrected chi connectivity index (χ0v) is 10.4. The van der Waals surface area contributed by atoms with Crippen LogP contribution in [0.2, 0.25) is 0 Å². The molecule has 0 spiro atoms. The Bertz CT molecular complexity index is 490. The van der Waals surface area contributed by atoms with Crippen LogP contribution in [0.5, 0.6) is 0 Å². The fourth-order valence-electron chi connectivity index (χ4n) is 4.45. The number of imide groups is 1. The van der Waals surface area contributed by atoms with Gasteiger partial charge in [0.15, 0.2) is 0 Å². The Morgan fingerprint density at radius 3 is 2.16 bits per heavy atom. The summed E-state index contributed by atoms with van der Waals surface area (Å²) in [5, 5.41) is 8.71. The molecule has 0 aromatic heterocycles. The van der Waals surface area contributed by atoms with Crippen molar-refractivity contribution >= 4 is 17.8 Å². The van der Waals surface area contributed by atoms with Crippen LogP contribution in [-0.4, -0.2) is 34.3 Å². The van der Waals surface area contributed by atoms with Crippen molar-refractivity contribution < 1.29 is 19.5 Å². The lowest BCUT2D eigenvalue weighted by atomic mass is 9.63. The Labute approximate surface area is 110 Å². The second kappa shape index (κ2) is 3.46. The van der Waals surface area contributed by atoms with E-state index in [1.54, 1.807) is 0 Å². The monoisotopic (exact) mass is 261 g/mol. The highest BCUT2D eigenvalue weighted by atomic mass is 16.4. The third kappa shape index (κ3) is 1.33. The molecular weight excluding hydrogens is 246 g/mol. The van der Waals surface area contributed by atoms with E-state index in [1.165, 1.54) is 4.90 Å². The summed E-state index contributed by atoms with van der Waals surface area (Å²) in [7, 11) is 0. The highest BCUT2D eigenvalue weighted by molar-refractivity contribution is 6.06. The Morgan fingerprint density at radius 2 is 1.68 bits per heavy atom. The summed E-state index contributed by atoms with van der Waals surface area (Å²) < 4.78 is 0. The second-order valence-electron chi connectivity index (χ2n) is 6.13. The highest BCUT2D eigenvalue weighted by Crippen LogP contribution is 2.65. The van der Waals surface area contributed by atoms with Crippen LogP contribution >= 0.6 is 0 Å². The number of allylic oxidation sites excluding steroid dienone is 2. The van der Waals surface area contributed by atoms with Gasteiger partial charge in [-0.3, -0.25) is 19.3 Å². The molecule has 1 aliphatic heterocycles. The minimum atomic E-state index is -0.973. The summed E-state index contributed by atoms with van der Waals surface area (Å²) in [4.78, 5) is 36.6. The third-order valence-electron chi connectivity index (χ3n) is 5.30. The van der Waals surface area contributed by atoms with Crippen LogP contribution in [0.25, 0.3) is 0 Å². The van der Waals surface area contributed by atoms with Crippen LogP contribution in [0.4, 0.5) is 0 Å². The fourth-order valence-corrected chi connectivity index (χ4v) is 4.45. The number of hydrogen-bond acceptors (Lipinski definition) is 3. The number of rotatable bonds is 3. The number of nitrogens with zero attached hydrogens (tertiary/aromatic N) is 1. The first-order chi connectivity index (χ1) is 9.09. The van der Waals surface area contributed by atoms with Gasteiger partial charge in [-0.25, -0.2) is 0 Å². The van der Waals surface area contributed by atoms with E-state index in [9.17, 15) is 14.4 Å². The molecule has 0 radical (unpaired) electrons. The molecule has 1 saturated heterocycles. The first-order valence-corrected chi connectivity index (χ1v) is 6.85. The van der Waals surface area contributed by atoms with Gasteiger partial charge in [0, 0.05) is 6.54 Å². The first-order valence-electron chi connectivity index (χ1n) is 6.85. The van der Waals surface area contributed by atoms with E-state index in [0.29, 0.717) is 11.8 Å². The molecule has 5 nitrogen and oxygen atoms in total. The lowest BCUT2D eigenvalue weighted by molar-refractivity contribution is -0.142. The van der Waals surface area contributed by atoms with Gasteiger partial charge < -0.3 is 5.11 Å². The Balaban J connectivity index is 1.63. The van der Waals surface area contributed by atoms with Crippen molar-refractivity contribution in [3.63, 3.8) is 0 Å². The molecule has 0 aromatic carbocycles. The minimum absolute atomic E-state index is 0.0226. The molecule has 0 unspecified atom stereocenters. The summed E-state index contributed by atoms with van der Waals surface area (Å²) in [6.45, 7) is 0.0226. The number of hydrogen-bond donors (Lipinski definition) is 1. The van der Waals surface area contributed by atoms with Gasteiger partial charge >= 0.3 is 5.97 Å². The Hall–Kier alpha value is -1.65. The SMILES string of the molecule is O=C(O)CCN1C(=O)[C@@H]2[C@@H]3C=C[C@H]([C@H]4C[C@@H]34)[C@@H]2C1=O. The molecular formula is C14H15NO4. The van der Waals surface area contributed by atoms with Crippen LogP contribution in [0, 0.1) is 35.5 Å². The van der Waals surface area contributed by atoms with E-state index in [4.69, 9.17) is 5.11 Å². The van der Waals surface area contributed by atoms with Gasteiger partial charge in [0.1, 0.15) is 0 Å². The molecule has 5 aliphatic rings. The number of amides is 2. The summed E-state index contributed by atoms with van der Waals surface area (Å²) >= 11 is 0. The normalized spacial score (nSPS) is 45.4. The maximum Gasteiger partial charge on any atom is 0.305 e. The van der Waals surface area contributed by atoms with Crippen molar-refractivity contribution in [2.45, 2.75) is 12.8 Å². The van der Waals surface area contributed by atoms with E-state index < -0.39 is 5.97 Å². The van der Waals surface area contributed by atoms with Crippen molar-refractivity contribution in [1.82, 2.24) is 4.90 Å². The van der Waals surface area contributed by atoms with Crippen molar-refractivity contribution in [2.75, 3.05) is 6.54 Å². The lowest BCUT2D eigenvalue weighted by Crippen LogP contribution is -2.40. The zero-order valence-electron chi connectivity index (χ0n) is 10.4. The van der Waals surface area contributed by atoms with Crippen molar-refractivity contribution in [1.29, 1.82) is 0 Å². The van der Waals surface area contributed by atoms with Gasteiger partial charge in [0.05, 0.1) is 18.3 Å². The fraction of sp³-hybridized carbons (Fsp3) is 0.643. The predicted octanol–water partition coefficient (Wildman–Crippen LogP) is 0.514. The van der Waals surface area contributed by atoms with Gasteiger partial charge in [-0.05, 0) is 30.1 Å². The topological polar surface area (TPSA) is 74.7 Å². The van der Waals surface area contributed by atoms with Gasteiger partial charge in [0.2, 0.25) is 11.8 Å². The second-order valence-corrected chi connectivity index (χ2v) is 6.13. The van der Waals surface area contributed by atoms with Crippen molar-refractivity contribution in [2.24, 2.45) is 35.5 Å². The number of carbonyl (C=O) groups is 3.